The monoisotopic (exact) mass is 447 g/mol. The van der Waals surface area contributed by atoms with Crippen molar-refractivity contribution in [3.63, 3.8) is 0 Å². The van der Waals surface area contributed by atoms with Crippen LogP contribution in [-0.2, 0) is 11.3 Å². The molecule has 0 saturated heterocycles. The van der Waals surface area contributed by atoms with Gasteiger partial charge in [-0.25, -0.2) is 0 Å². The second-order valence-electron chi connectivity index (χ2n) is 5.88. The van der Waals surface area contributed by atoms with E-state index in [1.54, 1.807) is 0 Å². The molecule has 0 spiro atoms. The molecule has 1 amide bonds. The van der Waals surface area contributed by atoms with Crippen molar-refractivity contribution in [3.8, 4) is 0 Å². The third kappa shape index (κ3) is 7.55. The summed E-state index contributed by atoms with van der Waals surface area (Å²) in [5, 5.41) is 9.57. The fourth-order valence-electron chi connectivity index (χ4n) is 2.46. The van der Waals surface area contributed by atoms with Crippen molar-refractivity contribution in [2.45, 2.75) is 39.2 Å². The number of nitrogens with one attached hydrogen (secondary N) is 3. The number of rotatable bonds is 9. The molecule has 1 saturated carbocycles. The maximum Gasteiger partial charge on any atom is 0.223 e. The van der Waals surface area contributed by atoms with Crippen molar-refractivity contribution in [2.24, 2.45) is 10.9 Å². The lowest BCUT2D eigenvalue weighted by atomic mass is 9.85. The van der Waals surface area contributed by atoms with Crippen LogP contribution in [0.5, 0.6) is 0 Å². The zero-order chi connectivity index (χ0) is 16.3. The van der Waals surface area contributed by atoms with Crippen molar-refractivity contribution in [2.75, 3.05) is 26.2 Å². The molecule has 0 unspecified atom stereocenters. The first-order valence-electron chi connectivity index (χ1n) is 8.70. The lowest BCUT2D eigenvalue weighted by Crippen LogP contribution is -2.39. The summed E-state index contributed by atoms with van der Waals surface area (Å²) < 4.78 is 2.13. The molecule has 24 heavy (non-hydrogen) atoms. The molecule has 1 aromatic rings. The highest BCUT2D eigenvalue weighted by Gasteiger charge is 2.24. The lowest BCUT2D eigenvalue weighted by Gasteiger charge is -2.23. The largest absolute Gasteiger partial charge is 0.357 e. The molecule has 6 nitrogen and oxygen atoms in total. The standard InChI is InChI=1S/C17H29N5O.HI/c1-2-18-17(21-11-14-22-12-3-4-13-22)20-10-6-9-19-16(23)15-7-5-8-15;/h3-4,12-13,15H,2,5-11,14H2,1H3,(H,19,23)(H2,18,20,21);1H. The average molecular weight is 447 g/mol. The number of aromatic nitrogens is 1. The van der Waals surface area contributed by atoms with E-state index in [2.05, 4.69) is 44.8 Å². The van der Waals surface area contributed by atoms with Crippen LogP contribution in [0.4, 0.5) is 0 Å². The maximum absolute atomic E-state index is 11.7. The van der Waals surface area contributed by atoms with Gasteiger partial charge in [0.2, 0.25) is 5.91 Å². The lowest BCUT2D eigenvalue weighted by molar-refractivity contribution is -0.127. The molecular weight excluding hydrogens is 417 g/mol. The highest BCUT2D eigenvalue weighted by atomic mass is 127. The van der Waals surface area contributed by atoms with Crippen LogP contribution in [0.25, 0.3) is 0 Å². The molecule has 0 radical (unpaired) electrons. The molecule has 1 aliphatic carbocycles. The summed E-state index contributed by atoms with van der Waals surface area (Å²) in [6.07, 6.45) is 8.28. The summed E-state index contributed by atoms with van der Waals surface area (Å²) in [4.78, 5) is 16.2. The second kappa shape index (κ2) is 12.2. The zero-order valence-electron chi connectivity index (χ0n) is 14.5. The Bertz CT molecular complexity index is 485. The van der Waals surface area contributed by atoms with E-state index in [0.29, 0.717) is 13.1 Å². The Labute approximate surface area is 161 Å². The van der Waals surface area contributed by atoms with Gasteiger partial charge >= 0.3 is 0 Å². The van der Waals surface area contributed by atoms with E-state index in [9.17, 15) is 4.79 Å². The Hall–Kier alpha value is -1.25. The van der Waals surface area contributed by atoms with Gasteiger partial charge in [0, 0.05) is 51.0 Å². The van der Waals surface area contributed by atoms with Crippen LogP contribution >= 0.6 is 24.0 Å². The number of carbonyl (C=O) groups excluding carboxylic acids is 1. The number of aliphatic imine (C=N–C) groups is 1. The van der Waals surface area contributed by atoms with Gasteiger partial charge in [0.25, 0.3) is 0 Å². The molecular formula is C17H30IN5O. The number of hydrogen-bond donors (Lipinski definition) is 3. The van der Waals surface area contributed by atoms with E-state index in [0.717, 1.165) is 44.9 Å². The van der Waals surface area contributed by atoms with Crippen LogP contribution in [0.2, 0.25) is 0 Å². The molecule has 7 heteroatoms. The fourth-order valence-corrected chi connectivity index (χ4v) is 2.46. The maximum atomic E-state index is 11.7. The smallest absolute Gasteiger partial charge is 0.223 e. The molecule has 0 aromatic carbocycles. The number of halogens is 1. The Balaban J connectivity index is 0.00000288. The summed E-state index contributed by atoms with van der Waals surface area (Å²) in [6, 6.07) is 4.05. The molecule has 0 bridgehead atoms. The number of hydrogen-bond acceptors (Lipinski definition) is 2. The Morgan fingerprint density at radius 2 is 1.92 bits per heavy atom. The van der Waals surface area contributed by atoms with Crippen molar-refractivity contribution in [3.05, 3.63) is 24.5 Å². The van der Waals surface area contributed by atoms with E-state index in [4.69, 9.17) is 0 Å². The minimum absolute atomic E-state index is 0. The van der Waals surface area contributed by atoms with Crippen molar-refractivity contribution >= 4 is 35.8 Å². The van der Waals surface area contributed by atoms with E-state index in [-0.39, 0.29) is 35.8 Å². The van der Waals surface area contributed by atoms with E-state index in [1.807, 2.05) is 12.1 Å². The van der Waals surface area contributed by atoms with Gasteiger partial charge < -0.3 is 20.5 Å². The topological polar surface area (TPSA) is 70.4 Å². The first-order valence-corrected chi connectivity index (χ1v) is 8.70. The van der Waals surface area contributed by atoms with Gasteiger partial charge in [-0.05, 0) is 38.3 Å². The molecule has 0 aliphatic heterocycles. The predicted octanol–water partition coefficient (Wildman–Crippen LogP) is 1.97. The van der Waals surface area contributed by atoms with Gasteiger partial charge in [-0.15, -0.1) is 24.0 Å². The number of amides is 1. The summed E-state index contributed by atoms with van der Waals surface area (Å²) >= 11 is 0. The fraction of sp³-hybridized carbons (Fsp3) is 0.647. The van der Waals surface area contributed by atoms with Crippen LogP contribution in [-0.4, -0.2) is 42.6 Å². The van der Waals surface area contributed by atoms with Gasteiger partial charge in [0.05, 0.1) is 0 Å². The number of nitrogens with zero attached hydrogens (tertiary/aromatic N) is 2. The van der Waals surface area contributed by atoms with Gasteiger partial charge in [-0.1, -0.05) is 6.42 Å². The molecule has 1 heterocycles. The molecule has 1 aromatic heterocycles. The summed E-state index contributed by atoms with van der Waals surface area (Å²) in [5.74, 6) is 1.33. The summed E-state index contributed by atoms with van der Waals surface area (Å²) in [5.41, 5.74) is 0. The first kappa shape index (κ1) is 20.8. The minimum Gasteiger partial charge on any atom is -0.357 e. The molecule has 2 rings (SSSR count). The first-order chi connectivity index (χ1) is 11.3. The highest BCUT2D eigenvalue weighted by Crippen LogP contribution is 2.25. The molecule has 3 N–H and O–H groups in total. The Morgan fingerprint density at radius 1 is 1.17 bits per heavy atom. The van der Waals surface area contributed by atoms with Crippen molar-refractivity contribution in [1.82, 2.24) is 20.5 Å². The van der Waals surface area contributed by atoms with Gasteiger partial charge in [-0.3, -0.25) is 9.79 Å². The van der Waals surface area contributed by atoms with Crippen LogP contribution in [0, 0.1) is 5.92 Å². The molecule has 1 fully saturated rings. The minimum atomic E-state index is 0. The van der Waals surface area contributed by atoms with E-state index >= 15 is 0 Å². The van der Waals surface area contributed by atoms with Gasteiger partial charge in [0.1, 0.15) is 0 Å². The number of guanidine groups is 1. The van der Waals surface area contributed by atoms with Gasteiger partial charge in [0.15, 0.2) is 5.96 Å². The highest BCUT2D eigenvalue weighted by molar-refractivity contribution is 14.0. The van der Waals surface area contributed by atoms with E-state index in [1.165, 1.54) is 6.42 Å². The van der Waals surface area contributed by atoms with Crippen LogP contribution in [0.15, 0.2) is 29.5 Å². The van der Waals surface area contributed by atoms with E-state index < -0.39 is 0 Å². The predicted molar refractivity (Wildman–Crippen MR) is 109 cm³/mol. The third-order valence-corrected chi connectivity index (χ3v) is 4.05. The third-order valence-electron chi connectivity index (χ3n) is 4.05. The Morgan fingerprint density at radius 3 is 2.54 bits per heavy atom. The molecule has 136 valence electrons. The second-order valence-corrected chi connectivity index (χ2v) is 5.88. The summed E-state index contributed by atoms with van der Waals surface area (Å²) in [7, 11) is 0. The Kier molecular flexibility index (Phi) is 10.5. The quantitative estimate of drug-likeness (QED) is 0.235. The van der Waals surface area contributed by atoms with Crippen LogP contribution in [0.3, 0.4) is 0 Å². The molecule has 1 aliphatic rings. The van der Waals surface area contributed by atoms with Crippen molar-refractivity contribution < 1.29 is 4.79 Å². The summed E-state index contributed by atoms with van der Waals surface area (Å²) in [6.45, 7) is 6.06. The number of carbonyl (C=O) groups is 1. The average Bonchev–Trinajstić information content (AvgIpc) is 2.98. The normalized spacial score (nSPS) is 14.5. The molecule has 0 atom stereocenters. The zero-order valence-corrected chi connectivity index (χ0v) is 16.8. The van der Waals surface area contributed by atoms with Crippen molar-refractivity contribution in [1.29, 1.82) is 0 Å². The van der Waals surface area contributed by atoms with Crippen LogP contribution in [0.1, 0.15) is 32.6 Å². The SMILES string of the molecule is CCNC(=NCCCNC(=O)C1CCC1)NCCn1cccc1.I. The van der Waals surface area contributed by atoms with Crippen LogP contribution < -0.4 is 16.0 Å². The van der Waals surface area contributed by atoms with Gasteiger partial charge in [-0.2, -0.15) is 0 Å².